The van der Waals surface area contributed by atoms with Gasteiger partial charge < -0.3 is 10.8 Å². The van der Waals surface area contributed by atoms with E-state index >= 15 is 0 Å². The number of carboxylic acids is 1. The number of carbonyl (C=O) groups is 2. The number of hydrogen-bond acceptors (Lipinski definition) is 2. The van der Waals surface area contributed by atoms with Crippen molar-refractivity contribution in [3.8, 4) is 0 Å². The summed E-state index contributed by atoms with van der Waals surface area (Å²) in [5, 5.41) is 8.56. The number of aryl methyl sites for hydroxylation is 1. The van der Waals surface area contributed by atoms with E-state index in [1.54, 1.807) is 0 Å². The van der Waals surface area contributed by atoms with Gasteiger partial charge in [0.05, 0.1) is 0 Å². The van der Waals surface area contributed by atoms with Crippen molar-refractivity contribution in [3.05, 3.63) is 35.9 Å². The van der Waals surface area contributed by atoms with E-state index in [9.17, 15) is 9.59 Å². The van der Waals surface area contributed by atoms with Gasteiger partial charge in [-0.05, 0) is 30.2 Å². The molecule has 4 heteroatoms. The largest absolute Gasteiger partial charge is 0.481 e. The molecule has 0 fully saturated rings. The van der Waals surface area contributed by atoms with Gasteiger partial charge in [-0.1, -0.05) is 65.0 Å². The average molecular weight is 323 g/mol. The second-order valence-corrected chi connectivity index (χ2v) is 5.60. The Labute approximate surface area is 141 Å². The minimum atomic E-state index is -0.869. The standard InChI is InChI=1S/C9H17NO3.C8H10.C2H6/c1-6(2)3-7(4-8(10)11)5-9(12)13;1-2-8-6-4-3-5-7-8;1-2/h6-7H,3-5H2,1-2H3,(H2,10,11)(H,12,13);3-7H,2H2,1H3;1-2H3. The highest BCUT2D eigenvalue weighted by Crippen LogP contribution is 2.18. The molecule has 0 saturated heterocycles. The van der Waals surface area contributed by atoms with E-state index in [1.807, 2.05) is 33.8 Å². The maximum Gasteiger partial charge on any atom is 0.303 e. The van der Waals surface area contributed by atoms with Crippen molar-refractivity contribution in [1.29, 1.82) is 0 Å². The summed E-state index contributed by atoms with van der Waals surface area (Å²) in [6.45, 7) is 10.2. The van der Waals surface area contributed by atoms with E-state index in [1.165, 1.54) is 5.56 Å². The Bertz CT molecular complexity index is 400. The van der Waals surface area contributed by atoms with Crippen LogP contribution in [0.1, 0.15) is 59.4 Å². The maximum absolute atomic E-state index is 10.6. The molecule has 0 spiro atoms. The molecule has 0 aliphatic heterocycles. The van der Waals surface area contributed by atoms with Crippen LogP contribution >= 0.6 is 0 Å². The topological polar surface area (TPSA) is 80.4 Å². The zero-order valence-corrected chi connectivity index (χ0v) is 15.2. The van der Waals surface area contributed by atoms with Crippen LogP contribution in [0, 0.1) is 11.8 Å². The molecule has 0 aromatic heterocycles. The smallest absolute Gasteiger partial charge is 0.303 e. The molecule has 3 N–H and O–H groups in total. The zero-order valence-electron chi connectivity index (χ0n) is 15.2. The van der Waals surface area contributed by atoms with Gasteiger partial charge in [0.15, 0.2) is 0 Å². The van der Waals surface area contributed by atoms with Crippen LogP contribution in [0.5, 0.6) is 0 Å². The number of rotatable bonds is 7. The number of nitrogens with two attached hydrogens (primary N) is 1. The Balaban J connectivity index is 0. The predicted molar refractivity (Wildman–Crippen MR) is 96.2 cm³/mol. The van der Waals surface area contributed by atoms with E-state index in [-0.39, 0.29) is 18.8 Å². The van der Waals surface area contributed by atoms with Crippen LogP contribution in [-0.2, 0) is 16.0 Å². The maximum atomic E-state index is 10.6. The molecule has 0 bridgehead atoms. The fourth-order valence-corrected chi connectivity index (χ4v) is 2.15. The number of hydrogen-bond donors (Lipinski definition) is 2. The summed E-state index contributed by atoms with van der Waals surface area (Å²) in [5.41, 5.74) is 6.42. The minimum absolute atomic E-state index is 0.0289. The minimum Gasteiger partial charge on any atom is -0.481 e. The fraction of sp³-hybridized carbons (Fsp3) is 0.579. The van der Waals surface area contributed by atoms with Gasteiger partial charge in [-0.25, -0.2) is 0 Å². The highest BCUT2D eigenvalue weighted by Gasteiger charge is 2.16. The summed E-state index contributed by atoms with van der Waals surface area (Å²) in [7, 11) is 0. The van der Waals surface area contributed by atoms with Crippen LogP contribution in [0.2, 0.25) is 0 Å². The number of benzene rings is 1. The second-order valence-electron chi connectivity index (χ2n) is 5.60. The van der Waals surface area contributed by atoms with Crippen LogP contribution in [0.15, 0.2) is 30.3 Å². The molecule has 1 rings (SSSR count). The summed E-state index contributed by atoms with van der Waals surface area (Å²) >= 11 is 0. The van der Waals surface area contributed by atoms with Crippen LogP contribution < -0.4 is 5.73 Å². The van der Waals surface area contributed by atoms with Crippen LogP contribution in [0.3, 0.4) is 0 Å². The molecule has 132 valence electrons. The van der Waals surface area contributed by atoms with Gasteiger partial charge in [-0.2, -0.15) is 0 Å². The van der Waals surface area contributed by atoms with E-state index in [0.717, 1.165) is 12.8 Å². The summed E-state index contributed by atoms with van der Waals surface area (Å²) in [5.74, 6) is -1.02. The number of aliphatic carboxylic acids is 1. The van der Waals surface area contributed by atoms with Crippen molar-refractivity contribution < 1.29 is 14.7 Å². The third-order valence-corrected chi connectivity index (χ3v) is 3.01. The molecular weight excluding hydrogens is 290 g/mol. The lowest BCUT2D eigenvalue weighted by molar-refractivity contribution is -0.138. The van der Waals surface area contributed by atoms with Gasteiger partial charge in [-0.3, -0.25) is 9.59 Å². The second kappa shape index (κ2) is 15.1. The molecule has 1 unspecified atom stereocenters. The lowest BCUT2D eigenvalue weighted by Crippen LogP contribution is -2.19. The number of carboxylic acid groups (broad SMARTS) is 1. The van der Waals surface area contributed by atoms with Crippen molar-refractivity contribution in [2.45, 2.75) is 60.3 Å². The van der Waals surface area contributed by atoms with Crippen LogP contribution in [-0.4, -0.2) is 17.0 Å². The highest BCUT2D eigenvalue weighted by atomic mass is 16.4. The Morgan fingerprint density at radius 2 is 1.61 bits per heavy atom. The van der Waals surface area contributed by atoms with Crippen molar-refractivity contribution in [1.82, 2.24) is 0 Å². The van der Waals surface area contributed by atoms with Gasteiger partial charge in [0, 0.05) is 12.8 Å². The van der Waals surface area contributed by atoms with Gasteiger partial charge in [-0.15, -0.1) is 0 Å². The number of carbonyl (C=O) groups excluding carboxylic acids is 1. The first kappa shape index (κ1) is 23.4. The normalized spacial score (nSPS) is 10.7. The summed E-state index contributed by atoms with van der Waals surface area (Å²) in [4.78, 5) is 21.0. The Kier molecular flexibility index (Phi) is 15.4. The molecule has 1 aromatic rings. The molecule has 0 heterocycles. The fourth-order valence-electron chi connectivity index (χ4n) is 2.15. The van der Waals surface area contributed by atoms with Crippen molar-refractivity contribution in [2.75, 3.05) is 0 Å². The first-order chi connectivity index (χ1) is 10.8. The zero-order chi connectivity index (χ0) is 18.3. The number of primary amides is 1. The average Bonchev–Trinajstić information content (AvgIpc) is 2.48. The monoisotopic (exact) mass is 323 g/mol. The highest BCUT2D eigenvalue weighted by molar-refractivity contribution is 5.75. The van der Waals surface area contributed by atoms with Gasteiger partial charge in [0.1, 0.15) is 0 Å². The first-order valence-corrected chi connectivity index (χ1v) is 8.39. The number of amides is 1. The third kappa shape index (κ3) is 16.4. The lowest BCUT2D eigenvalue weighted by atomic mass is 9.91. The SMILES string of the molecule is CC.CC(C)CC(CC(N)=O)CC(=O)O.CCc1ccccc1. The molecular formula is C19H33NO3. The Morgan fingerprint density at radius 3 is 1.91 bits per heavy atom. The van der Waals surface area contributed by atoms with Gasteiger partial charge >= 0.3 is 5.97 Å². The van der Waals surface area contributed by atoms with Gasteiger partial charge in [0.2, 0.25) is 5.91 Å². The predicted octanol–water partition coefficient (Wildman–Crippen LogP) is 4.27. The first-order valence-electron chi connectivity index (χ1n) is 8.39. The van der Waals surface area contributed by atoms with E-state index in [4.69, 9.17) is 10.8 Å². The van der Waals surface area contributed by atoms with Crippen molar-refractivity contribution in [2.24, 2.45) is 17.6 Å². The van der Waals surface area contributed by atoms with E-state index in [0.29, 0.717) is 5.92 Å². The third-order valence-electron chi connectivity index (χ3n) is 3.01. The Morgan fingerprint density at radius 1 is 1.09 bits per heavy atom. The molecule has 1 aromatic carbocycles. The summed E-state index contributed by atoms with van der Waals surface area (Å²) in [6.07, 6.45) is 2.07. The van der Waals surface area contributed by atoms with Gasteiger partial charge in [0.25, 0.3) is 0 Å². The molecule has 0 aliphatic rings. The quantitative estimate of drug-likeness (QED) is 0.786. The lowest BCUT2D eigenvalue weighted by Gasteiger charge is -2.14. The van der Waals surface area contributed by atoms with E-state index in [2.05, 4.69) is 31.2 Å². The summed E-state index contributed by atoms with van der Waals surface area (Å²) < 4.78 is 0. The molecule has 1 atom stereocenters. The molecule has 0 radical (unpaired) electrons. The van der Waals surface area contributed by atoms with Crippen LogP contribution in [0.25, 0.3) is 0 Å². The molecule has 0 saturated carbocycles. The molecule has 1 amide bonds. The van der Waals surface area contributed by atoms with Crippen LogP contribution in [0.4, 0.5) is 0 Å². The van der Waals surface area contributed by atoms with Crippen molar-refractivity contribution in [3.63, 3.8) is 0 Å². The molecule has 23 heavy (non-hydrogen) atoms. The van der Waals surface area contributed by atoms with Crippen molar-refractivity contribution >= 4 is 11.9 Å². The summed E-state index contributed by atoms with van der Waals surface area (Å²) in [6, 6.07) is 10.5. The van der Waals surface area contributed by atoms with E-state index < -0.39 is 11.9 Å². The Hall–Kier alpha value is -1.84. The molecule has 4 nitrogen and oxygen atoms in total. The molecule has 0 aliphatic carbocycles.